The van der Waals surface area contributed by atoms with Gasteiger partial charge in [-0.05, 0) is 31.5 Å². The molecule has 7 heteroatoms. The lowest BCUT2D eigenvalue weighted by molar-refractivity contribution is -0.149. The van der Waals surface area contributed by atoms with E-state index in [9.17, 15) is 9.59 Å². The number of benzene rings is 1. The van der Waals surface area contributed by atoms with E-state index in [1.54, 1.807) is 25.1 Å². The van der Waals surface area contributed by atoms with Crippen LogP contribution in [0.3, 0.4) is 0 Å². The number of rotatable bonds is 8. The van der Waals surface area contributed by atoms with Gasteiger partial charge in [0.25, 0.3) is 5.91 Å². The third-order valence-corrected chi connectivity index (χ3v) is 3.51. The summed E-state index contributed by atoms with van der Waals surface area (Å²) in [4.78, 5) is 25.1. The summed E-state index contributed by atoms with van der Waals surface area (Å²) in [6.45, 7) is 4.16. The highest BCUT2D eigenvalue weighted by molar-refractivity contribution is 9.10. The van der Waals surface area contributed by atoms with Gasteiger partial charge >= 0.3 is 5.97 Å². The summed E-state index contributed by atoms with van der Waals surface area (Å²) in [5, 5.41) is 0.412. The van der Waals surface area contributed by atoms with Crippen LogP contribution in [0.5, 0.6) is 5.75 Å². The Balaban J connectivity index is 2.60. The Hall–Kier alpha value is -1.27. The van der Waals surface area contributed by atoms with Crippen molar-refractivity contribution in [2.24, 2.45) is 0 Å². The summed E-state index contributed by atoms with van der Waals surface area (Å²) >= 11 is 9.32. The molecule has 0 saturated heterocycles. The molecular formula is C15H19BrClNO4. The van der Waals surface area contributed by atoms with Crippen molar-refractivity contribution in [3.05, 3.63) is 27.7 Å². The number of halogens is 2. The van der Waals surface area contributed by atoms with Gasteiger partial charge in [-0.15, -0.1) is 0 Å². The lowest BCUT2D eigenvalue weighted by Crippen LogP contribution is -2.39. The molecule has 1 amide bonds. The van der Waals surface area contributed by atoms with Gasteiger partial charge in [0.05, 0.1) is 11.6 Å². The second-order valence-corrected chi connectivity index (χ2v) is 5.81. The van der Waals surface area contributed by atoms with Crippen LogP contribution in [0.4, 0.5) is 0 Å². The average molecular weight is 393 g/mol. The molecule has 0 aliphatic heterocycles. The number of hydrogen-bond donors (Lipinski definition) is 0. The summed E-state index contributed by atoms with van der Waals surface area (Å²) in [7, 11) is 0. The molecule has 0 radical (unpaired) electrons. The van der Waals surface area contributed by atoms with E-state index < -0.39 is 5.97 Å². The lowest BCUT2D eigenvalue weighted by Gasteiger charge is -2.21. The van der Waals surface area contributed by atoms with Crippen LogP contribution in [0.25, 0.3) is 0 Å². The molecular weight excluding hydrogens is 374 g/mol. The zero-order valence-corrected chi connectivity index (χ0v) is 14.9. The van der Waals surface area contributed by atoms with Gasteiger partial charge in [-0.1, -0.05) is 34.5 Å². The van der Waals surface area contributed by atoms with Crippen LogP contribution in [0.1, 0.15) is 20.3 Å². The molecule has 0 aliphatic rings. The minimum absolute atomic E-state index is 0.0715. The van der Waals surface area contributed by atoms with Crippen LogP contribution in [0, 0.1) is 0 Å². The molecule has 0 aliphatic carbocycles. The largest absolute Gasteiger partial charge is 0.482 e. The smallest absolute Gasteiger partial charge is 0.325 e. The highest BCUT2D eigenvalue weighted by atomic mass is 79.9. The number of esters is 1. The molecule has 0 spiro atoms. The van der Waals surface area contributed by atoms with Crippen LogP contribution in [-0.2, 0) is 14.3 Å². The minimum Gasteiger partial charge on any atom is -0.482 e. The summed E-state index contributed by atoms with van der Waals surface area (Å²) in [6.07, 6.45) is 0.740. The van der Waals surface area contributed by atoms with Gasteiger partial charge in [0.1, 0.15) is 12.3 Å². The first kappa shape index (κ1) is 18.8. The standard InChI is InChI=1S/C15H19BrClNO4/c1-3-7-18(9-15(20)21-4-2)14(19)10-22-13-6-5-11(16)8-12(13)17/h5-6,8H,3-4,7,9-10H2,1-2H3. The zero-order chi connectivity index (χ0) is 16.5. The molecule has 0 atom stereocenters. The van der Waals surface area contributed by atoms with Crippen molar-refractivity contribution in [1.82, 2.24) is 4.90 Å². The van der Waals surface area contributed by atoms with Crippen LogP contribution in [-0.4, -0.2) is 43.1 Å². The molecule has 0 heterocycles. The maximum absolute atomic E-state index is 12.2. The third kappa shape index (κ3) is 6.23. The highest BCUT2D eigenvalue weighted by Crippen LogP contribution is 2.27. The molecule has 0 unspecified atom stereocenters. The fourth-order valence-corrected chi connectivity index (χ4v) is 2.48. The summed E-state index contributed by atoms with van der Waals surface area (Å²) in [5.41, 5.74) is 0. The van der Waals surface area contributed by atoms with Gasteiger partial charge < -0.3 is 14.4 Å². The van der Waals surface area contributed by atoms with Crippen molar-refractivity contribution in [3.63, 3.8) is 0 Å². The van der Waals surface area contributed by atoms with Crippen molar-refractivity contribution >= 4 is 39.4 Å². The Bertz CT molecular complexity index is 524. The van der Waals surface area contributed by atoms with Crippen molar-refractivity contribution < 1.29 is 19.1 Å². The molecule has 22 heavy (non-hydrogen) atoms. The molecule has 0 N–H and O–H groups in total. The van der Waals surface area contributed by atoms with E-state index >= 15 is 0 Å². The van der Waals surface area contributed by atoms with E-state index in [4.69, 9.17) is 21.1 Å². The Morgan fingerprint density at radius 2 is 2.05 bits per heavy atom. The normalized spacial score (nSPS) is 10.2. The van der Waals surface area contributed by atoms with Crippen LogP contribution < -0.4 is 4.74 Å². The first-order valence-electron chi connectivity index (χ1n) is 6.99. The van der Waals surface area contributed by atoms with E-state index in [1.807, 2.05) is 6.92 Å². The van der Waals surface area contributed by atoms with Crippen LogP contribution in [0.2, 0.25) is 5.02 Å². The number of nitrogens with zero attached hydrogens (tertiary/aromatic N) is 1. The second-order valence-electron chi connectivity index (χ2n) is 4.48. The number of hydrogen-bond acceptors (Lipinski definition) is 4. The van der Waals surface area contributed by atoms with E-state index in [1.165, 1.54) is 4.90 Å². The predicted octanol–water partition coefficient (Wildman–Crippen LogP) is 3.28. The van der Waals surface area contributed by atoms with Crippen molar-refractivity contribution in [2.75, 3.05) is 26.3 Å². The van der Waals surface area contributed by atoms with E-state index in [0.29, 0.717) is 17.3 Å². The highest BCUT2D eigenvalue weighted by Gasteiger charge is 2.18. The maximum atomic E-state index is 12.2. The Morgan fingerprint density at radius 3 is 2.64 bits per heavy atom. The topological polar surface area (TPSA) is 55.8 Å². The SMILES string of the molecule is CCCN(CC(=O)OCC)C(=O)COc1ccc(Br)cc1Cl. The van der Waals surface area contributed by atoms with Crippen molar-refractivity contribution in [2.45, 2.75) is 20.3 Å². The van der Waals surface area contributed by atoms with Gasteiger partial charge in [0.15, 0.2) is 6.61 Å². The van der Waals surface area contributed by atoms with E-state index in [-0.39, 0.29) is 25.7 Å². The molecule has 1 aromatic carbocycles. The van der Waals surface area contributed by atoms with Crippen molar-refractivity contribution in [1.29, 1.82) is 0 Å². The van der Waals surface area contributed by atoms with Gasteiger partial charge in [0, 0.05) is 11.0 Å². The molecule has 1 aromatic rings. The zero-order valence-electron chi connectivity index (χ0n) is 12.6. The minimum atomic E-state index is -0.425. The number of carbonyl (C=O) groups excluding carboxylic acids is 2. The summed E-state index contributed by atoms with van der Waals surface area (Å²) in [6, 6.07) is 5.13. The number of amides is 1. The maximum Gasteiger partial charge on any atom is 0.325 e. The molecule has 0 bridgehead atoms. The number of ether oxygens (including phenoxy) is 2. The van der Waals surface area contributed by atoms with E-state index in [0.717, 1.165) is 10.9 Å². The fraction of sp³-hybridized carbons (Fsp3) is 0.467. The molecule has 1 rings (SSSR count). The molecule has 0 saturated carbocycles. The van der Waals surface area contributed by atoms with Crippen LogP contribution >= 0.6 is 27.5 Å². The lowest BCUT2D eigenvalue weighted by atomic mass is 10.3. The van der Waals surface area contributed by atoms with Crippen LogP contribution in [0.15, 0.2) is 22.7 Å². The first-order chi connectivity index (χ1) is 10.5. The Kier molecular flexibility index (Phi) is 8.27. The van der Waals surface area contributed by atoms with Crippen molar-refractivity contribution in [3.8, 4) is 5.75 Å². The van der Waals surface area contributed by atoms with Gasteiger partial charge in [-0.2, -0.15) is 0 Å². The van der Waals surface area contributed by atoms with Gasteiger partial charge in [-0.25, -0.2) is 0 Å². The summed E-state index contributed by atoms with van der Waals surface area (Å²) in [5.74, 6) is -0.286. The quantitative estimate of drug-likeness (QED) is 0.637. The Labute approximate surface area is 143 Å². The average Bonchev–Trinajstić information content (AvgIpc) is 2.46. The second kappa shape index (κ2) is 9.69. The molecule has 5 nitrogen and oxygen atoms in total. The third-order valence-electron chi connectivity index (χ3n) is 2.72. The monoisotopic (exact) mass is 391 g/mol. The van der Waals surface area contributed by atoms with Gasteiger partial charge in [-0.3, -0.25) is 9.59 Å². The summed E-state index contributed by atoms with van der Waals surface area (Å²) < 4.78 is 11.1. The van der Waals surface area contributed by atoms with Gasteiger partial charge in [0.2, 0.25) is 0 Å². The van der Waals surface area contributed by atoms with E-state index in [2.05, 4.69) is 15.9 Å². The Morgan fingerprint density at radius 1 is 1.32 bits per heavy atom. The molecule has 0 aromatic heterocycles. The number of carbonyl (C=O) groups is 2. The molecule has 122 valence electrons. The fourth-order valence-electron chi connectivity index (χ4n) is 1.75. The molecule has 0 fully saturated rings. The predicted molar refractivity (Wildman–Crippen MR) is 88.2 cm³/mol. The first-order valence-corrected chi connectivity index (χ1v) is 8.16.